The second kappa shape index (κ2) is 7.58. The topological polar surface area (TPSA) is 86.5 Å². The second-order valence-corrected chi connectivity index (χ2v) is 12.3. The van der Waals surface area contributed by atoms with Crippen molar-refractivity contribution < 1.29 is 19.4 Å². The summed E-state index contributed by atoms with van der Waals surface area (Å²) < 4.78 is 12.4. The molecule has 0 aliphatic carbocycles. The van der Waals surface area contributed by atoms with Crippen LogP contribution in [0, 0.1) is 0 Å². The van der Waals surface area contributed by atoms with E-state index in [1.54, 1.807) is 23.1 Å². The maximum atomic E-state index is 11.2. The number of pyridine rings is 1. The Bertz CT molecular complexity index is 710. The number of carbonyl (C=O) groups is 1. The Kier molecular flexibility index (Phi) is 5.74. The van der Waals surface area contributed by atoms with E-state index in [1.807, 2.05) is 0 Å². The van der Waals surface area contributed by atoms with E-state index >= 15 is 0 Å². The molecule has 7 nitrogen and oxygen atoms in total. The van der Waals surface area contributed by atoms with Gasteiger partial charge < -0.3 is 14.6 Å². The van der Waals surface area contributed by atoms with Crippen LogP contribution in [-0.4, -0.2) is 47.6 Å². The van der Waals surface area contributed by atoms with Crippen molar-refractivity contribution in [1.29, 1.82) is 0 Å². The minimum Gasteiger partial charge on any atom is -0.497 e. The molecular formula is C16H23N3O4Si. The van der Waals surface area contributed by atoms with Crippen LogP contribution in [-0.2, 0) is 11.5 Å². The summed E-state index contributed by atoms with van der Waals surface area (Å²) in [5.41, 5.74) is 1.15. The van der Waals surface area contributed by atoms with Gasteiger partial charge in [0, 0.05) is 38.6 Å². The molecule has 2 rings (SSSR count). The summed E-state index contributed by atoms with van der Waals surface area (Å²) in [7, 11) is 0.382. The van der Waals surface area contributed by atoms with Crippen molar-refractivity contribution in [2.45, 2.75) is 32.4 Å². The Morgan fingerprint density at radius 1 is 1.33 bits per heavy atom. The highest BCUT2D eigenvalue weighted by atomic mass is 28.3. The van der Waals surface area contributed by atoms with E-state index in [9.17, 15) is 4.79 Å². The first kappa shape index (κ1) is 18.1. The standard InChI is InChI=1S/C16H23N3O4Si/c1-22-13-7-14(18-15(8-13)16(20)21)12-9-17-19(10-12)11-23-5-6-24(2,3)4/h7-10H,5-6,11H2,1-4H3,(H,20,21). The fourth-order valence-electron chi connectivity index (χ4n) is 1.98. The van der Waals surface area contributed by atoms with Crippen molar-refractivity contribution in [2.24, 2.45) is 0 Å². The summed E-state index contributed by atoms with van der Waals surface area (Å²) in [6.07, 6.45) is 3.41. The van der Waals surface area contributed by atoms with Crippen LogP contribution in [0.15, 0.2) is 24.5 Å². The van der Waals surface area contributed by atoms with Crippen LogP contribution in [0.5, 0.6) is 5.75 Å². The molecule has 0 spiro atoms. The number of carboxylic acid groups (broad SMARTS) is 1. The van der Waals surface area contributed by atoms with Crippen molar-refractivity contribution in [3.8, 4) is 17.0 Å². The number of methoxy groups -OCH3 is 1. The molecular weight excluding hydrogens is 326 g/mol. The molecule has 2 aromatic rings. The van der Waals surface area contributed by atoms with Crippen LogP contribution < -0.4 is 4.74 Å². The first-order valence-electron chi connectivity index (χ1n) is 7.68. The van der Waals surface area contributed by atoms with Crippen molar-refractivity contribution in [3.05, 3.63) is 30.2 Å². The monoisotopic (exact) mass is 349 g/mol. The molecule has 0 saturated carbocycles. The smallest absolute Gasteiger partial charge is 0.354 e. The molecule has 2 aromatic heterocycles. The number of hydrogen-bond donors (Lipinski definition) is 1. The van der Waals surface area contributed by atoms with Gasteiger partial charge in [0.15, 0.2) is 5.69 Å². The number of nitrogens with zero attached hydrogens (tertiary/aromatic N) is 3. The van der Waals surface area contributed by atoms with E-state index in [1.165, 1.54) is 13.2 Å². The minimum absolute atomic E-state index is 0.0662. The fraction of sp³-hybridized carbons (Fsp3) is 0.438. The quantitative estimate of drug-likeness (QED) is 0.582. The normalized spacial score (nSPS) is 11.5. The van der Waals surface area contributed by atoms with Crippen molar-refractivity contribution in [2.75, 3.05) is 13.7 Å². The Labute approximate surface area is 142 Å². The van der Waals surface area contributed by atoms with E-state index < -0.39 is 14.0 Å². The third-order valence-electron chi connectivity index (χ3n) is 3.40. The number of rotatable bonds is 8. The fourth-order valence-corrected chi connectivity index (χ4v) is 2.74. The highest BCUT2D eigenvalue weighted by molar-refractivity contribution is 6.76. The van der Waals surface area contributed by atoms with Crippen LogP contribution >= 0.6 is 0 Å². The number of hydrogen-bond acceptors (Lipinski definition) is 5. The maximum absolute atomic E-state index is 11.2. The van der Waals surface area contributed by atoms with Gasteiger partial charge in [0.1, 0.15) is 12.5 Å². The van der Waals surface area contributed by atoms with Gasteiger partial charge in [0.25, 0.3) is 0 Å². The highest BCUT2D eigenvalue weighted by Gasteiger charge is 2.13. The van der Waals surface area contributed by atoms with Gasteiger partial charge >= 0.3 is 5.97 Å². The molecule has 0 atom stereocenters. The average molecular weight is 349 g/mol. The van der Waals surface area contributed by atoms with Gasteiger partial charge in [-0.3, -0.25) is 0 Å². The molecule has 0 aliphatic heterocycles. The molecule has 8 heteroatoms. The summed E-state index contributed by atoms with van der Waals surface area (Å²) >= 11 is 0. The lowest BCUT2D eigenvalue weighted by atomic mass is 10.2. The van der Waals surface area contributed by atoms with Gasteiger partial charge in [0.2, 0.25) is 0 Å². The molecule has 0 saturated heterocycles. The zero-order chi connectivity index (χ0) is 17.7. The third-order valence-corrected chi connectivity index (χ3v) is 5.11. The van der Waals surface area contributed by atoms with E-state index in [4.69, 9.17) is 14.6 Å². The van der Waals surface area contributed by atoms with Crippen LogP contribution in [0.1, 0.15) is 10.5 Å². The molecule has 0 amide bonds. The Morgan fingerprint density at radius 3 is 2.71 bits per heavy atom. The highest BCUT2D eigenvalue weighted by Crippen LogP contribution is 2.23. The summed E-state index contributed by atoms with van der Waals surface area (Å²) in [4.78, 5) is 15.3. The number of ether oxygens (including phenoxy) is 2. The number of carboxylic acids is 1. The lowest BCUT2D eigenvalue weighted by molar-refractivity contribution is 0.0690. The van der Waals surface area contributed by atoms with Crippen molar-refractivity contribution in [3.63, 3.8) is 0 Å². The molecule has 2 heterocycles. The molecule has 130 valence electrons. The molecule has 0 aliphatic rings. The van der Waals surface area contributed by atoms with Crippen LogP contribution in [0.4, 0.5) is 0 Å². The lowest BCUT2D eigenvalue weighted by Crippen LogP contribution is -2.22. The number of aromatic nitrogens is 3. The SMILES string of the molecule is COc1cc(C(=O)O)nc(-c2cnn(COCC[Si](C)(C)C)c2)c1. The van der Waals surface area contributed by atoms with Crippen LogP contribution in [0.25, 0.3) is 11.3 Å². The van der Waals surface area contributed by atoms with Gasteiger partial charge in [-0.2, -0.15) is 5.10 Å². The lowest BCUT2D eigenvalue weighted by Gasteiger charge is -2.15. The van der Waals surface area contributed by atoms with Crippen molar-refractivity contribution >= 4 is 14.0 Å². The maximum Gasteiger partial charge on any atom is 0.354 e. The van der Waals surface area contributed by atoms with E-state index in [0.717, 1.165) is 6.04 Å². The largest absolute Gasteiger partial charge is 0.497 e. The van der Waals surface area contributed by atoms with Gasteiger partial charge in [-0.15, -0.1) is 0 Å². The predicted octanol–water partition coefficient (Wildman–Crippen LogP) is 2.96. The number of aromatic carboxylic acids is 1. The van der Waals surface area contributed by atoms with Crippen LogP contribution in [0.3, 0.4) is 0 Å². The average Bonchev–Trinajstić information content (AvgIpc) is 2.99. The van der Waals surface area contributed by atoms with Gasteiger partial charge in [-0.25, -0.2) is 14.5 Å². The second-order valence-electron chi connectivity index (χ2n) is 6.70. The van der Waals surface area contributed by atoms with E-state index in [2.05, 4.69) is 29.7 Å². The molecule has 1 N–H and O–H groups in total. The van der Waals surface area contributed by atoms with Gasteiger partial charge in [-0.1, -0.05) is 19.6 Å². The summed E-state index contributed by atoms with van der Waals surface area (Å²) in [6.45, 7) is 7.98. The molecule has 24 heavy (non-hydrogen) atoms. The van der Waals surface area contributed by atoms with Gasteiger partial charge in [-0.05, 0) is 6.04 Å². The van der Waals surface area contributed by atoms with E-state index in [0.29, 0.717) is 30.3 Å². The molecule has 0 radical (unpaired) electrons. The molecule has 0 aromatic carbocycles. The third kappa shape index (κ3) is 5.17. The first-order valence-corrected chi connectivity index (χ1v) is 11.4. The molecule has 0 bridgehead atoms. The summed E-state index contributed by atoms with van der Waals surface area (Å²) in [5.74, 6) is -0.659. The van der Waals surface area contributed by atoms with Gasteiger partial charge in [0.05, 0.1) is 19.0 Å². The first-order chi connectivity index (χ1) is 11.3. The Hall–Kier alpha value is -2.19. The van der Waals surface area contributed by atoms with E-state index in [-0.39, 0.29) is 5.69 Å². The van der Waals surface area contributed by atoms with Crippen LogP contribution in [0.2, 0.25) is 25.7 Å². The predicted molar refractivity (Wildman–Crippen MR) is 93.1 cm³/mol. The minimum atomic E-state index is -1.10. The Balaban J connectivity index is 2.07. The zero-order valence-electron chi connectivity index (χ0n) is 14.4. The zero-order valence-corrected chi connectivity index (χ0v) is 15.4. The summed E-state index contributed by atoms with van der Waals surface area (Å²) in [5, 5.41) is 13.4. The Morgan fingerprint density at radius 2 is 2.08 bits per heavy atom. The molecule has 0 fully saturated rings. The molecule has 0 unspecified atom stereocenters. The van der Waals surface area contributed by atoms with Crippen molar-refractivity contribution in [1.82, 2.24) is 14.8 Å². The summed E-state index contributed by atoms with van der Waals surface area (Å²) in [6, 6.07) is 4.16.